The van der Waals surface area contributed by atoms with Gasteiger partial charge in [-0.3, -0.25) is 19.8 Å². The molecule has 1 atom stereocenters. The summed E-state index contributed by atoms with van der Waals surface area (Å²) in [6.45, 7) is 6.65. The maximum Gasteiger partial charge on any atom is 0.298 e. The first-order valence-electron chi connectivity index (χ1n) is 16.6. The van der Waals surface area contributed by atoms with Crippen molar-refractivity contribution in [3.05, 3.63) is 60.2 Å². The summed E-state index contributed by atoms with van der Waals surface area (Å²) in [4.78, 5) is 37.3. The van der Waals surface area contributed by atoms with E-state index in [1.54, 1.807) is 49.5 Å². The quantitative estimate of drug-likeness (QED) is 0.317. The lowest BCUT2D eigenvalue weighted by atomic mass is 10.1. The molecule has 3 aliphatic rings. The molecule has 2 aromatic carbocycles. The first-order valence-corrected chi connectivity index (χ1v) is 16.6. The summed E-state index contributed by atoms with van der Waals surface area (Å²) < 4.78 is 36.8. The molecule has 2 amide bonds. The van der Waals surface area contributed by atoms with Crippen molar-refractivity contribution in [3.63, 3.8) is 0 Å². The van der Waals surface area contributed by atoms with Crippen LogP contribution >= 0.6 is 0 Å². The lowest BCUT2D eigenvalue weighted by Crippen LogP contribution is -2.37. The van der Waals surface area contributed by atoms with Gasteiger partial charge in [0.2, 0.25) is 11.9 Å². The summed E-state index contributed by atoms with van der Waals surface area (Å²) in [6, 6.07) is 12.0. The fraction of sp³-hybridized carbons (Fsp3) is 0.514. The number of carbonyl (C=O) groups excluding carboxylic acids is 2. The van der Waals surface area contributed by atoms with Gasteiger partial charge in [0.05, 0.1) is 23.6 Å². The van der Waals surface area contributed by atoms with Crippen LogP contribution in [0.25, 0.3) is 11.0 Å². The molecule has 3 aliphatic heterocycles. The maximum atomic E-state index is 14.6. The Kier molecular flexibility index (Phi) is 10.9. The lowest BCUT2D eigenvalue weighted by Gasteiger charge is -2.28. The summed E-state index contributed by atoms with van der Waals surface area (Å²) in [5.74, 6) is -2.77. The smallest absolute Gasteiger partial charge is 0.298 e. The zero-order valence-electron chi connectivity index (χ0n) is 27.2. The SMILES string of the molecule is CC.CN1CC(F)(F)COc2ccc3nc(NC(=O)c4ccccc4)n(C4CCCCN(C(=O)/C=C/CN5CCCCC5)C4)c3c21. The van der Waals surface area contributed by atoms with Crippen molar-refractivity contribution in [2.24, 2.45) is 0 Å². The third-order valence-electron chi connectivity index (χ3n) is 8.73. The van der Waals surface area contributed by atoms with Crippen LogP contribution in [0.3, 0.4) is 0 Å². The highest BCUT2D eigenvalue weighted by Crippen LogP contribution is 2.43. The highest BCUT2D eigenvalue weighted by molar-refractivity contribution is 6.05. The number of piperidine rings is 1. The molecular formula is C35H46F2N6O3. The summed E-state index contributed by atoms with van der Waals surface area (Å²) in [6.07, 6.45) is 9.71. The molecule has 46 heavy (non-hydrogen) atoms. The van der Waals surface area contributed by atoms with Crippen molar-refractivity contribution in [2.75, 3.05) is 63.1 Å². The van der Waals surface area contributed by atoms with Gasteiger partial charge in [-0.1, -0.05) is 44.5 Å². The van der Waals surface area contributed by atoms with Gasteiger partial charge in [-0.2, -0.15) is 0 Å². The molecule has 0 saturated carbocycles. The maximum absolute atomic E-state index is 14.6. The number of aromatic nitrogens is 2. The van der Waals surface area contributed by atoms with E-state index < -0.39 is 19.1 Å². The van der Waals surface area contributed by atoms with Crippen LogP contribution in [-0.4, -0.2) is 90.0 Å². The standard InChI is InChI=1S/C33H40F2N6O3.C2H6/c1-38-22-33(34,35)23-44-27-16-15-26-29(30(27)38)41(32(36-26)37-31(43)24-11-4-2-5-12-24)25-13-6-9-20-40(21-25)28(42)14-10-19-39-17-7-3-8-18-39;1-2/h2,4-5,10-12,14-16,25H,3,6-9,13,17-23H2,1H3,(H,36,37,43);1-2H3/b14-10+;. The number of benzene rings is 2. The number of hydrogen-bond donors (Lipinski definition) is 1. The number of nitrogens with zero attached hydrogens (tertiary/aromatic N) is 5. The molecule has 0 bridgehead atoms. The van der Waals surface area contributed by atoms with Crippen molar-refractivity contribution in [1.29, 1.82) is 0 Å². The summed E-state index contributed by atoms with van der Waals surface area (Å²) in [5.41, 5.74) is 2.12. The first kappa shape index (κ1) is 33.4. The van der Waals surface area contributed by atoms with E-state index in [1.807, 2.05) is 35.5 Å². The lowest BCUT2D eigenvalue weighted by molar-refractivity contribution is -0.126. The molecule has 0 radical (unpaired) electrons. The van der Waals surface area contributed by atoms with Gasteiger partial charge >= 0.3 is 0 Å². The molecule has 3 aromatic rings. The van der Waals surface area contributed by atoms with Gasteiger partial charge in [-0.05, 0) is 69.5 Å². The van der Waals surface area contributed by atoms with Crippen molar-refractivity contribution >= 4 is 34.5 Å². The summed E-state index contributed by atoms with van der Waals surface area (Å²) in [7, 11) is 1.62. The number of nitrogens with one attached hydrogen (secondary N) is 1. The Morgan fingerprint density at radius 1 is 1.02 bits per heavy atom. The number of fused-ring (bicyclic) bond motifs is 3. The number of hydrogen-bond acceptors (Lipinski definition) is 6. The molecule has 0 aliphatic carbocycles. The zero-order chi connectivity index (χ0) is 32.7. The number of rotatable bonds is 6. The molecule has 4 heterocycles. The van der Waals surface area contributed by atoms with Crippen molar-refractivity contribution in [2.45, 2.75) is 64.3 Å². The van der Waals surface area contributed by atoms with Crippen LogP contribution in [-0.2, 0) is 4.79 Å². The van der Waals surface area contributed by atoms with Gasteiger partial charge in [-0.25, -0.2) is 13.8 Å². The minimum atomic E-state index is -3.04. The van der Waals surface area contributed by atoms with Crippen LogP contribution in [0.1, 0.15) is 68.8 Å². The second-order valence-corrected chi connectivity index (χ2v) is 12.1. The first-order chi connectivity index (χ1) is 22.3. The molecule has 1 unspecified atom stereocenters. The number of likely N-dealkylation sites (tertiary alicyclic amines) is 2. The minimum Gasteiger partial charge on any atom is -0.485 e. The normalized spacial score (nSPS) is 20.2. The fourth-order valence-corrected chi connectivity index (χ4v) is 6.58. The van der Waals surface area contributed by atoms with E-state index >= 15 is 0 Å². The molecule has 248 valence electrons. The Bertz CT molecular complexity index is 1520. The molecule has 6 rings (SSSR count). The van der Waals surface area contributed by atoms with Crippen LogP contribution in [0.2, 0.25) is 0 Å². The molecule has 11 heteroatoms. The molecule has 1 N–H and O–H groups in total. The van der Waals surface area contributed by atoms with Gasteiger partial charge in [0.1, 0.15) is 11.4 Å². The van der Waals surface area contributed by atoms with Gasteiger partial charge in [0, 0.05) is 38.3 Å². The second-order valence-electron chi connectivity index (χ2n) is 12.1. The van der Waals surface area contributed by atoms with Gasteiger partial charge in [-0.15, -0.1) is 0 Å². The van der Waals surface area contributed by atoms with E-state index in [1.165, 1.54) is 24.2 Å². The van der Waals surface area contributed by atoms with E-state index in [9.17, 15) is 18.4 Å². The largest absolute Gasteiger partial charge is 0.485 e. The molecule has 1 aromatic heterocycles. The van der Waals surface area contributed by atoms with E-state index in [0.717, 1.165) is 38.9 Å². The highest BCUT2D eigenvalue weighted by Gasteiger charge is 2.38. The summed E-state index contributed by atoms with van der Waals surface area (Å²) in [5, 5.41) is 2.98. The van der Waals surface area contributed by atoms with Crippen LogP contribution in [0.15, 0.2) is 54.6 Å². The van der Waals surface area contributed by atoms with E-state index in [4.69, 9.17) is 9.72 Å². The van der Waals surface area contributed by atoms with Crippen molar-refractivity contribution < 1.29 is 23.1 Å². The van der Waals surface area contributed by atoms with Gasteiger partial charge in [0.15, 0.2) is 6.61 Å². The van der Waals surface area contributed by atoms with E-state index in [0.29, 0.717) is 47.1 Å². The number of anilines is 2. The van der Waals surface area contributed by atoms with Crippen molar-refractivity contribution in [3.8, 4) is 5.75 Å². The molecule has 0 spiro atoms. The number of imidazole rings is 1. The number of amides is 2. The summed E-state index contributed by atoms with van der Waals surface area (Å²) >= 11 is 0. The monoisotopic (exact) mass is 636 g/mol. The third-order valence-corrected chi connectivity index (χ3v) is 8.73. The average molecular weight is 637 g/mol. The second kappa shape index (κ2) is 15.1. The Morgan fingerprint density at radius 3 is 2.52 bits per heavy atom. The molecule has 2 fully saturated rings. The van der Waals surface area contributed by atoms with Crippen molar-refractivity contribution in [1.82, 2.24) is 19.4 Å². The Labute approximate surface area is 270 Å². The minimum absolute atomic E-state index is 0.0490. The fourth-order valence-electron chi connectivity index (χ4n) is 6.58. The number of halogens is 2. The van der Waals surface area contributed by atoms with E-state index in [2.05, 4.69) is 10.2 Å². The number of ether oxygens (including phenoxy) is 1. The number of carbonyl (C=O) groups is 2. The van der Waals surface area contributed by atoms with Gasteiger partial charge < -0.3 is 19.1 Å². The Balaban J connectivity index is 0.00000204. The average Bonchev–Trinajstić information content (AvgIpc) is 3.18. The van der Waals surface area contributed by atoms with E-state index in [-0.39, 0.29) is 17.9 Å². The Hall–Kier alpha value is -3.99. The molecule has 9 nitrogen and oxygen atoms in total. The van der Waals surface area contributed by atoms with Gasteiger partial charge in [0.25, 0.3) is 11.8 Å². The van der Waals surface area contributed by atoms with Crippen LogP contribution < -0.4 is 15.0 Å². The predicted molar refractivity (Wildman–Crippen MR) is 178 cm³/mol. The molecular weight excluding hydrogens is 590 g/mol. The highest BCUT2D eigenvalue weighted by atomic mass is 19.3. The Morgan fingerprint density at radius 2 is 1.76 bits per heavy atom. The van der Waals surface area contributed by atoms with Crippen LogP contribution in [0, 0.1) is 0 Å². The molecule has 2 saturated heterocycles. The zero-order valence-corrected chi connectivity index (χ0v) is 27.2. The number of alkyl halides is 2. The van der Waals surface area contributed by atoms with Crippen LogP contribution in [0.4, 0.5) is 20.4 Å². The van der Waals surface area contributed by atoms with Crippen LogP contribution in [0.5, 0.6) is 5.75 Å². The topological polar surface area (TPSA) is 82.9 Å². The third kappa shape index (κ3) is 7.68. The predicted octanol–water partition coefficient (Wildman–Crippen LogP) is 6.37.